The van der Waals surface area contributed by atoms with Crippen LogP contribution in [0.4, 0.5) is 0 Å². The van der Waals surface area contributed by atoms with Crippen molar-refractivity contribution in [3.05, 3.63) is 29.3 Å². The molecule has 1 unspecified atom stereocenters. The Bertz CT molecular complexity index is 755. The number of benzene rings is 1. The van der Waals surface area contributed by atoms with Gasteiger partial charge < -0.3 is 10.4 Å². The Balaban J connectivity index is 1.97. The van der Waals surface area contributed by atoms with Crippen LogP contribution in [0.15, 0.2) is 23.1 Å². The Morgan fingerprint density at radius 3 is 2.52 bits per heavy atom. The van der Waals surface area contributed by atoms with Crippen LogP contribution in [0.3, 0.4) is 0 Å². The Hall–Kier alpha value is -1.89. The standard InChI is InChI=1S/C18H25NO5S/c1-12(2)10-16(18(21)22)19-17(20)8-9-25(23,24)15-7-6-13-4-3-5-14(13)11-15/h6-7,11-12,16H,3-5,8-10H2,1-2H3,(H,19,20)(H,21,22). The Morgan fingerprint density at radius 2 is 1.88 bits per heavy atom. The molecule has 0 saturated carbocycles. The smallest absolute Gasteiger partial charge is 0.326 e. The number of aryl methyl sites for hydroxylation is 2. The number of rotatable bonds is 8. The predicted molar refractivity (Wildman–Crippen MR) is 94.2 cm³/mol. The van der Waals surface area contributed by atoms with E-state index in [1.54, 1.807) is 12.1 Å². The van der Waals surface area contributed by atoms with Gasteiger partial charge in [0.2, 0.25) is 5.91 Å². The fourth-order valence-electron chi connectivity index (χ4n) is 3.05. The highest BCUT2D eigenvalue weighted by Crippen LogP contribution is 2.25. The molecular formula is C18H25NO5S. The zero-order valence-electron chi connectivity index (χ0n) is 14.6. The first-order chi connectivity index (χ1) is 11.7. The van der Waals surface area contributed by atoms with Crippen molar-refractivity contribution in [3.8, 4) is 0 Å². The molecule has 25 heavy (non-hydrogen) atoms. The first-order valence-electron chi connectivity index (χ1n) is 8.56. The van der Waals surface area contributed by atoms with Gasteiger partial charge in [-0.05, 0) is 54.9 Å². The van der Waals surface area contributed by atoms with E-state index in [0.29, 0.717) is 6.42 Å². The molecule has 1 aliphatic rings. The molecule has 0 saturated heterocycles. The number of aliphatic carboxylic acids is 1. The summed E-state index contributed by atoms with van der Waals surface area (Å²) in [6, 6.07) is 4.15. The minimum Gasteiger partial charge on any atom is -0.480 e. The molecule has 1 amide bonds. The van der Waals surface area contributed by atoms with E-state index in [1.165, 1.54) is 5.56 Å². The van der Waals surface area contributed by atoms with Crippen LogP contribution in [0.25, 0.3) is 0 Å². The van der Waals surface area contributed by atoms with Gasteiger partial charge in [0.1, 0.15) is 6.04 Å². The first-order valence-corrected chi connectivity index (χ1v) is 10.2. The lowest BCUT2D eigenvalue weighted by Gasteiger charge is -2.16. The van der Waals surface area contributed by atoms with Gasteiger partial charge in [0.15, 0.2) is 9.84 Å². The maximum Gasteiger partial charge on any atom is 0.326 e. The van der Waals surface area contributed by atoms with Crippen LogP contribution in [0, 0.1) is 5.92 Å². The topological polar surface area (TPSA) is 101 Å². The van der Waals surface area contributed by atoms with Gasteiger partial charge in [0.25, 0.3) is 0 Å². The summed E-state index contributed by atoms with van der Waals surface area (Å²) >= 11 is 0. The van der Waals surface area contributed by atoms with E-state index in [2.05, 4.69) is 5.32 Å². The van der Waals surface area contributed by atoms with Gasteiger partial charge in [-0.1, -0.05) is 19.9 Å². The van der Waals surface area contributed by atoms with Gasteiger partial charge in [-0.25, -0.2) is 13.2 Å². The second-order valence-corrected chi connectivity index (χ2v) is 9.05. The number of nitrogens with one attached hydrogen (secondary N) is 1. The molecule has 1 atom stereocenters. The summed E-state index contributed by atoms with van der Waals surface area (Å²) in [4.78, 5) is 23.4. The molecule has 0 radical (unpaired) electrons. The van der Waals surface area contributed by atoms with Crippen molar-refractivity contribution >= 4 is 21.7 Å². The number of hydrogen-bond acceptors (Lipinski definition) is 4. The molecule has 2 N–H and O–H groups in total. The number of fused-ring (bicyclic) bond motifs is 1. The quantitative estimate of drug-likeness (QED) is 0.731. The first kappa shape index (κ1) is 19.4. The number of hydrogen-bond donors (Lipinski definition) is 2. The number of amides is 1. The van der Waals surface area contributed by atoms with Crippen LogP contribution in [0.2, 0.25) is 0 Å². The van der Waals surface area contributed by atoms with E-state index in [-0.39, 0.29) is 23.0 Å². The molecule has 0 aromatic heterocycles. The summed E-state index contributed by atoms with van der Waals surface area (Å²) in [6.07, 6.45) is 2.95. The molecule has 0 aliphatic heterocycles. The minimum atomic E-state index is -3.56. The number of carbonyl (C=O) groups excluding carboxylic acids is 1. The Kier molecular flexibility index (Phi) is 6.21. The van der Waals surface area contributed by atoms with Crippen LogP contribution >= 0.6 is 0 Å². The van der Waals surface area contributed by atoms with Crippen LogP contribution in [0.1, 0.15) is 44.2 Å². The van der Waals surface area contributed by atoms with Gasteiger partial charge in [-0.3, -0.25) is 4.79 Å². The summed E-state index contributed by atoms with van der Waals surface area (Å²) in [5, 5.41) is 11.5. The minimum absolute atomic E-state index is 0.108. The lowest BCUT2D eigenvalue weighted by Crippen LogP contribution is -2.42. The fourth-order valence-corrected chi connectivity index (χ4v) is 4.33. The summed E-state index contributed by atoms with van der Waals surface area (Å²) < 4.78 is 24.9. The van der Waals surface area contributed by atoms with Crippen LogP contribution in [-0.4, -0.2) is 37.2 Å². The second-order valence-electron chi connectivity index (χ2n) is 6.94. The highest BCUT2D eigenvalue weighted by Gasteiger charge is 2.23. The summed E-state index contributed by atoms with van der Waals surface area (Å²) in [7, 11) is -3.56. The molecule has 138 valence electrons. The SMILES string of the molecule is CC(C)CC(NC(=O)CCS(=O)(=O)c1ccc2c(c1)CCC2)C(=O)O. The van der Waals surface area contributed by atoms with Crippen molar-refractivity contribution in [2.45, 2.75) is 56.9 Å². The van der Waals surface area contributed by atoms with Crippen LogP contribution in [-0.2, 0) is 32.3 Å². The van der Waals surface area contributed by atoms with Crippen LogP contribution in [0.5, 0.6) is 0 Å². The molecule has 2 rings (SSSR count). The van der Waals surface area contributed by atoms with E-state index in [9.17, 15) is 18.0 Å². The lowest BCUT2D eigenvalue weighted by molar-refractivity contribution is -0.142. The highest BCUT2D eigenvalue weighted by atomic mass is 32.2. The van der Waals surface area contributed by atoms with Gasteiger partial charge in [-0.2, -0.15) is 0 Å². The average Bonchev–Trinajstić information content (AvgIpc) is 2.99. The van der Waals surface area contributed by atoms with E-state index in [1.807, 2.05) is 19.9 Å². The molecular weight excluding hydrogens is 342 g/mol. The molecule has 1 aromatic carbocycles. The number of sulfone groups is 1. The number of carboxylic acid groups (broad SMARTS) is 1. The normalized spacial score (nSPS) is 15.0. The van der Waals surface area contributed by atoms with Crippen LogP contribution < -0.4 is 5.32 Å². The Labute approximate surface area is 148 Å². The summed E-state index contributed by atoms with van der Waals surface area (Å²) in [5.74, 6) is -1.89. The van der Waals surface area contributed by atoms with Gasteiger partial charge in [0, 0.05) is 6.42 Å². The molecule has 1 aliphatic carbocycles. The van der Waals surface area contributed by atoms with Gasteiger partial charge in [0.05, 0.1) is 10.6 Å². The highest BCUT2D eigenvalue weighted by molar-refractivity contribution is 7.91. The van der Waals surface area contributed by atoms with E-state index in [0.717, 1.165) is 24.8 Å². The maximum absolute atomic E-state index is 12.4. The van der Waals surface area contributed by atoms with Crippen molar-refractivity contribution in [2.75, 3.05) is 5.75 Å². The van der Waals surface area contributed by atoms with E-state index < -0.39 is 27.8 Å². The zero-order chi connectivity index (χ0) is 18.6. The predicted octanol–water partition coefficient (Wildman–Crippen LogP) is 1.95. The molecule has 0 bridgehead atoms. The summed E-state index contributed by atoms with van der Waals surface area (Å²) in [6.45, 7) is 3.72. The zero-order valence-corrected chi connectivity index (χ0v) is 15.4. The largest absolute Gasteiger partial charge is 0.480 e. The maximum atomic E-state index is 12.4. The van der Waals surface area contributed by atoms with E-state index in [4.69, 9.17) is 5.11 Å². The van der Waals surface area contributed by atoms with Crippen molar-refractivity contribution < 1.29 is 23.1 Å². The molecule has 7 heteroatoms. The lowest BCUT2D eigenvalue weighted by atomic mass is 10.0. The Morgan fingerprint density at radius 1 is 1.20 bits per heavy atom. The number of carbonyl (C=O) groups is 2. The third-order valence-electron chi connectivity index (χ3n) is 4.37. The fraction of sp³-hybridized carbons (Fsp3) is 0.556. The molecule has 0 heterocycles. The van der Waals surface area contributed by atoms with Gasteiger partial charge in [-0.15, -0.1) is 0 Å². The molecule has 0 fully saturated rings. The molecule has 0 spiro atoms. The number of carboxylic acids is 1. The third kappa shape index (κ3) is 5.29. The van der Waals surface area contributed by atoms with Crippen molar-refractivity contribution in [3.63, 3.8) is 0 Å². The molecule has 1 aromatic rings. The monoisotopic (exact) mass is 367 g/mol. The van der Waals surface area contributed by atoms with Crippen molar-refractivity contribution in [1.29, 1.82) is 0 Å². The van der Waals surface area contributed by atoms with E-state index >= 15 is 0 Å². The third-order valence-corrected chi connectivity index (χ3v) is 6.08. The van der Waals surface area contributed by atoms with Crippen molar-refractivity contribution in [2.24, 2.45) is 5.92 Å². The van der Waals surface area contributed by atoms with Crippen molar-refractivity contribution in [1.82, 2.24) is 5.32 Å². The average molecular weight is 367 g/mol. The second kappa shape index (κ2) is 7.99. The molecule has 6 nitrogen and oxygen atoms in total. The summed E-state index contributed by atoms with van der Waals surface area (Å²) in [5.41, 5.74) is 2.25. The van der Waals surface area contributed by atoms with Gasteiger partial charge >= 0.3 is 5.97 Å².